The molecule has 0 amide bonds. The first-order valence-electron chi connectivity index (χ1n) is 7.73. The predicted molar refractivity (Wildman–Crippen MR) is 80.1 cm³/mol. The second kappa shape index (κ2) is 7.44. The average molecular weight is 240 g/mol. The summed E-state index contributed by atoms with van der Waals surface area (Å²) in [5.41, 5.74) is 0. The molecule has 0 aliphatic carbocycles. The van der Waals surface area contributed by atoms with Gasteiger partial charge >= 0.3 is 0 Å². The molecule has 0 saturated carbocycles. The van der Waals surface area contributed by atoms with Crippen LogP contribution in [0.3, 0.4) is 0 Å². The minimum absolute atomic E-state index is 0.804. The van der Waals surface area contributed by atoms with E-state index in [-0.39, 0.29) is 0 Å². The van der Waals surface area contributed by atoms with Crippen LogP contribution in [0.2, 0.25) is 0 Å². The van der Waals surface area contributed by atoms with Gasteiger partial charge in [0.2, 0.25) is 0 Å². The van der Waals surface area contributed by atoms with Gasteiger partial charge in [-0.1, -0.05) is 68.7 Å². The molecule has 0 spiro atoms. The first-order chi connectivity index (χ1) is 7.73. The van der Waals surface area contributed by atoms with Gasteiger partial charge in [-0.05, 0) is 41.4 Å². The number of hydrogen-bond donors (Lipinski definition) is 0. The first-order valence-corrected chi connectivity index (χ1v) is 7.73. The van der Waals surface area contributed by atoms with Crippen LogP contribution in [0.5, 0.6) is 0 Å². The van der Waals surface area contributed by atoms with Gasteiger partial charge in [0.1, 0.15) is 0 Å². The zero-order valence-electron chi connectivity index (χ0n) is 13.7. The zero-order valence-corrected chi connectivity index (χ0v) is 13.7. The maximum absolute atomic E-state index is 2.47. The second-order valence-electron chi connectivity index (χ2n) is 7.00. The molecule has 0 rings (SSSR count). The zero-order chi connectivity index (χ0) is 13.7. The molecule has 5 atom stereocenters. The molecule has 0 heterocycles. The Morgan fingerprint density at radius 2 is 0.941 bits per heavy atom. The molecule has 0 aromatic carbocycles. The van der Waals surface area contributed by atoms with Gasteiger partial charge in [0.15, 0.2) is 0 Å². The Labute approximate surface area is 111 Å². The normalized spacial score (nSPS) is 21.4. The summed E-state index contributed by atoms with van der Waals surface area (Å²) >= 11 is 0. The van der Waals surface area contributed by atoms with Crippen LogP contribution in [0.4, 0.5) is 0 Å². The monoisotopic (exact) mass is 240 g/mol. The minimum Gasteiger partial charge on any atom is -0.0651 e. The fourth-order valence-electron chi connectivity index (χ4n) is 3.40. The fourth-order valence-corrected chi connectivity index (χ4v) is 3.40. The molecular weight excluding hydrogens is 204 g/mol. The van der Waals surface area contributed by atoms with Crippen LogP contribution >= 0.6 is 0 Å². The van der Waals surface area contributed by atoms with E-state index in [1.54, 1.807) is 0 Å². The lowest BCUT2D eigenvalue weighted by molar-refractivity contribution is 0.115. The molecule has 0 nitrogen and oxygen atoms in total. The van der Waals surface area contributed by atoms with Crippen molar-refractivity contribution in [2.24, 2.45) is 41.4 Å². The highest BCUT2D eigenvalue weighted by Crippen LogP contribution is 2.37. The average Bonchev–Trinajstić information content (AvgIpc) is 2.26. The highest BCUT2D eigenvalue weighted by Gasteiger charge is 2.30. The maximum atomic E-state index is 2.47. The molecule has 5 unspecified atom stereocenters. The van der Waals surface area contributed by atoms with Crippen LogP contribution in [0.15, 0.2) is 0 Å². The third-order valence-corrected chi connectivity index (χ3v) is 5.54. The summed E-state index contributed by atoms with van der Waals surface area (Å²) < 4.78 is 0. The summed E-state index contributed by atoms with van der Waals surface area (Å²) in [7, 11) is 0. The van der Waals surface area contributed by atoms with E-state index in [9.17, 15) is 0 Å². The Morgan fingerprint density at radius 3 is 1.24 bits per heavy atom. The molecule has 0 saturated heterocycles. The van der Waals surface area contributed by atoms with Crippen LogP contribution in [0, 0.1) is 41.4 Å². The lowest BCUT2D eigenvalue weighted by atomic mass is 9.68. The molecule has 0 fully saturated rings. The third kappa shape index (κ3) is 4.64. The predicted octanol–water partition coefficient (Wildman–Crippen LogP) is 5.87. The van der Waals surface area contributed by atoms with Gasteiger partial charge in [0, 0.05) is 0 Å². The number of rotatable bonds is 7. The van der Waals surface area contributed by atoms with Crippen molar-refractivity contribution in [3.8, 4) is 0 Å². The minimum atomic E-state index is 0.804. The summed E-state index contributed by atoms with van der Waals surface area (Å²) in [5.74, 6) is 5.84. The molecule has 0 aromatic rings. The largest absolute Gasteiger partial charge is 0.0651 e. The molecule has 0 aliphatic heterocycles. The van der Waals surface area contributed by atoms with E-state index in [2.05, 4.69) is 62.3 Å². The van der Waals surface area contributed by atoms with E-state index >= 15 is 0 Å². The van der Waals surface area contributed by atoms with Crippen molar-refractivity contribution in [3.63, 3.8) is 0 Å². The van der Waals surface area contributed by atoms with Crippen molar-refractivity contribution in [2.45, 2.75) is 68.7 Å². The van der Waals surface area contributed by atoms with Crippen molar-refractivity contribution < 1.29 is 0 Å². The van der Waals surface area contributed by atoms with E-state index in [0.717, 1.165) is 41.4 Å². The van der Waals surface area contributed by atoms with Gasteiger partial charge in [0.05, 0.1) is 0 Å². The molecule has 0 aromatic heterocycles. The highest BCUT2D eigenvalue weighted by atomic mass is 14.4. The molecule has 0 radical (unpaired) electrons. The number of hydrogen-bond acceptors (Lipinski definition) is 0. The Bertz CT molecular complexity index is 192. The summed E-state index contributed by atoms with van der Waals surface area (Å²) in [6.07, 6.45) is 1.33. The maximum Gasteiger partial charge on any atom is -0.0365 e. The van der Waals surface area contributed by atoms with Crippen LogP contribution in [0.25, 0.3) is 0 Å². The van der Waals surface area contributed by atoms with E-state index in [1.165, 1.54) is 6.42 Å². The van der Waals surface area contributed by atoms with Crippen molar-refractivity contribution in [3.05, 3.63) is 0 Å². The lowest BCUT2D eigenvalue weighted by Crippen LogP contribution is -2.30. The van der Waals surface area contributed by atoms with Crippen molar-refractivity contribution >= 4 is 0 Å². The van der Waals surface area contributed by atoms with E-state index in [1.807, 2.05) is 0 Å². The quantitative estimate of drug-likeness (QED) is 0.522. The van der Waals surface area contributed by atoms with Crippen molar-refractivity contribution in [1.29, 1.82) is 0 Å². The standard InChI is InChI=1S/C17H36/c1-10-17(12(4)5)16(9)15(8)14(7)13(6)11(2)3/h11-17H,10H2,1-9H3. The van der Waals surface area contributed by atoms with Gasteiger partial charge in [-0.3, -0.25) is 0 Å². The van der Waals surface area contributed by atoms with Crippen LogP contribution in [-0.4, -0.2) is 0 Å². The Kier molecular flexibility index (Phi) is 7.44. The van der Waals surface area contributed by atoms with Gasteiger partial charge < -0.3 is 0 Å². The Hall–Kier alpha value is 0. The van der Waals surface area contributed by atoms with Crippen LogP contribution in [0.1, 0.15) is 68.7 Å². The topological polar surface area (TPSA) is 0 Å². The summed E-state index contributed by atoms with van der Waals surface area (Å²) in [4.78, 5) is 0. The Balaban J connectivity index is 4.62. The molecule has 104 valence electrons. The summed E-state index contributed by atoms with van der Waals surface area (Å²) in [6, 6.07) is 0. The summed E-state index contributed by atoms with van der Waals surface area (Å²) in [6.45, 7) is 21.7. The molecule has 17 heavy (non-hydrogen) atoms. The van der Waals surface area contributed by atoms with Crippen molar-refractivity contribution in [2.75, 3.05) is 0 Å². The highest BCUT2D eigenvalue weighted by molar-refractivity contribution is 4.79. The molecule has 0 bridgehead atoms. The van der Waals surface area contributed by atoms with Gasteiger partial charge in [0.25, 0.3) is 0 Å². The molecular formula is C17H36. The fraction of sp³-hybridized carbons (Fsp3) is 1.00. The SMILES string of the molecule is CCC(C(C)C)C(C)C(C)C(C)C(C)C(C)C. The van der Waals surface area contributed by atoms with Crippen LogP contribution < -0.4 is 0 Å². The summed E-state index contributed by atoms with van der Waals surface area (Å²) in [5, 5.41) is 0. The van der Waals surface area contributed by atoms with Gasteiger partial charge in [-0.2, -0.15) is 0 Å². The first kappa shape index (κ1) is 17.0. The van der Waals surface area contributed by atoms with E-state index in [0.29, 0.717) is 0 Å². The molecule has 0 heteroatoms. The van der Waals surface area contributed by atoms with E-state index in [4.69, 9.17) is 0 Å². The second-order valence-corrected chi connectivity index (χ2v) is 7.00. The molecule has 0 N–H and O–H groups in total. The lowest BCUT2D eigenvalue weighted by Gasteiger charge is -2.37. The van der Waals surface area contributed by atoms with Crippen LogP contribution in [-0.2, 0) is 0 Å². The van der Waals surface area contributed by atoms with E-state index < -0.39 is 0 Å². The smallest absolute Gasteiger partial charge is 0.0365 e. The van der Waals surface area contributed by atoms with Crippen molar-refractivity contribution in [1.82, 2.24) is 0 Å². The Morgan fingerprint density at radius 1 is 0.529 bits per heavy atom. The van der Waals surface area contributed by atoms with Gasteiger partial charge in [-0.15, -0.1) is 0 Å². The van der Waals surface area contributed by atoms with Gasteiger partial charge in [-0.25, -0.2) is 0 Å². The third-order valence-electron chi connectivity index (χ3n) is 5.54. The molecule has 0 aliphatic rings.